The molecule has 2 heterocycles. The molecule has 0 aliphatic rings. The van der Waals surface area contributed by atoms with Crippen LogP contribution in [0.4, 0.5) is 0 Å². The van der Waals surface area contributed by atoms with E-state index >= 15 is 0 Å². The van der Waals surface area contributed by atoms with Gasteiger partial charge in [0.05, 0.1) is 0 Å². The SMILES string of the molecule is CCc1nc2c([nH]1)c(=O)n(C)c(=O)n2CCc1ccccc1. The molecule has 0 fully saturated rings. The lowest BCUT2D eigenvalue weighted by Crippen LogP contribution is -2.38. The number of aromatic amines is 1. The fourth-order valence-corrected chi connectivity index (χ4v) is 2.54. The lowest BCUT2D eigenvalue weighted by molar-refractivity contribution is 0.620. The smallest absolute Gasteiger partial charge is 0.332 e. The number of H-pyrrole nitrogens is 1. The largest absolute Gasteiger partial charge is 0.336 e. The van der Waals surface area contributed by atoms with Crippen LogP contribution in [0.5, 0.6) is 0 Å². The van der Waals surface area contributed by atoms with E-state index < -0.39 is 0 Å². The third kappa shape index (κ3) is 2.36. The van der Waals surface area contributed by atoms with Crippen LogP contribution in [0, 0.1) is 0 Å². The molecule has 6 nitrogen and oxygen atoms in total. The van der Waals surface area contributed by atoms with Gasteiger partial charge in [-0.1, -0.05) is 37.3 Å². The van der Waals surface area contributed by atoms with E-state index in [0.717, 1.165) is 10.1 Å². The number of fused-ring (bicyclic) bond motifs is 1. The number of benzene rings is 1. The molecule has 0 spiro atoms. The summed E-state index contributed by atoms with van der Waals surface area (Å²) in [6, 6.07) is 9.94. The topological polar surface area (TPSA) is 72.7 Å². The van der Waals surface area contributed by atoms with Crippen LogP contribution >= 0.6 is 0 Å². The number of nitrogens with zero attached hydrogens (tertiary/aromatic N) is 3. The van der Waals surface area contributed by atoms with Crippen LogP contribution in [0.25, 0.3) is 11.2 Å². The molecule has 0 bridgehead atoms. The Kier molecular flexibility index (Phi) is 3.66. The third-order valence-electron chi connectivity index (χ3n) is 3.83. The van der Waals surface area contributed by atoms with E-state index in [1.807, 2.05) is 37.3 Å². The molecule has 0 amide bonds. The first-order valence-corrected chi connectivity index (χ1v) is 7.34. The summed E-state index contributed by atoms with van der Waals surface area (Å²) in [4.78, 5) is 32.0. The van der Waals surface area contributed by atoms with Crippen molar-refractivity contribution in [3.8, 4) is 0 Å². The molecule has 1 N–H and O–H groups in total. The number of hydrogen-bond acceptors (Lipinski definition) is 3. The van der Waals surface area contributed by atoms with Gasteiger partial charge in [0.15, 0.2) is 5.65 Å². The fourth-order valence-electron chi connectivity index (χ4n) is 2.54. The van der Waals surface area contributed by atoms with Crippen molar-refractivity contribution < 1.29 is 0 Å². The first-order valence-electron chi connectivity index (χ1n) is 7.34. The van der Waals surface area contributed by atoms with Gasteiger partial charge < -0.3 is 4.98 Å². The molecule has 114 valence electrons. The molecule has 3 rings (SSSR count). The maximum atomic E-state index is 12.4. The summed E-state index contributed by atoms with van der Waals surface area (Å²) >= 11 is 0. The van der Waals surface area contributed by atoms with Crippen molar-refractivity contribution in [2.45, 2.75) is 26.3 Å². The number of aromatic nitrogens is 4. The fraction of sp³-hybridized carbons (Fsp3) is 0.312. The molecule has 2 aromatic heterocycles. The molecule has 6 heteroatoms. The van der Waals surface area contributed by atoms with Crippen LogP contribution in [-0.2, 0) is 26.4 Å². The molecule has 0 aliphatic carbocycles. The molecular formula is C16H18N4O2. The van der Waals surface area contributed by atoms with E-state index in [0.29, 0.717) is 36.4 Å². The van der Waals surface area contributed by atoms with Gasteiger partial charge in [0, 0.05) is 20.0 Å². The van der Waals surface area contributed by atoms with Crippen molar-refractivity contribution in [2.75, 3.05) is 0 Å². The van der Waals surface area contributed by atoms with E-state index in [1.165, 1.54) is 7.05 Å². The van der Waals surface area contributed by atoms with Gasteiger partial charge in [0.25, 0.3) is 5.56 Å². The Morgan fingerprint density at radius 1 is 1.18 bits per heavy atom. The van der Waals surface area contributed by atoms with E-state index in [4.69, 9.17) is 0 Å². The second kappa shape index (κ2) is 5.63. The minimum atomic E-state index is -0.331. The molecular weight excluding hydrogens is 280 g/mol. The van der Waals surface area contributed by atoms with E-state index in [9.17, 15) is 9.59 Å². The number of imidazole rings is 1. The van der Waals surface area contributed by atoms with E-state index in [1.54, 1.807) is 4.57 Å². The lowest BCUT2D eigenvalue weighted by Gasteiger charge is -2.08. The van der Waals surface area contributed by atoms with Gasteiger partial charge >= 0.3 is 5.69 Å². The molecule has 22 heavy (non-hydrogen) atoms. The molecule has 0 unspecified atom stereocenters. The van der Waals surface area contributed by atoms with Crippen LogP contribution in [0.1, 0.15) is 18.3 Å². The molecule has 0 atom stereocenters. The molecule has 3 aromatic rings. The molecule has 0 radical (unpaired) electrons. The van der Waals surface area contributed by atoms with Gasteiger partial charge in [-0.05, 0) is 12.0 Å². The highest BCUT2D eigenvalue weighted by atomic mass is 16.2. The number of rotatable bonds is 4. The third-order valence-corrected chi connectivity index (χ3v) is 3.83. The van der Waals surface area contributed by atoms with Crippen molar-refractivity contribution in [1.82, 2.24) is 19.1 Å². The Morgan fingerprint density at radius 2 is 1.91 bits per heavy atom. The zero-order valence-electron chi connectivity index (χ0n) is 12.7. The van der Waals surface area contributed by atoms with Gasteiger partial charge in [-0.3, -0.25) is 13.9 Å². The highest BCUT2D eigenvalue weighted by Crippen LogP contribution is 2.08. The normalized spacial score (nSPS) is 11.2. The Morgan fingerprint density at radius 3 is 2.59 bits per heavy atom. The van der Waals surface area contributed by atoms with Gasteiger partial charge in [0.1, 0.15) is 11.3 Å². The summed E-state index contributed by atoms with van der Waals surface area (Å²) in [5.74, 6) is 0.714. The molecule has 0 saturated heterocycles. The summed E-state index contributed by atoms with van der Waals surface area (Å²) < 4.78 is 2.70. The quantitative estimate of drug-likeness (QED) is 0.787. The zero-order valence-corrected chi connectivity index (χ0v) is 12.7. The highest BCUT2D eigenvalue weighted by Gasteiger charge is 2.14. The van der Waals surface area contributed by atoms with Crippen molar-refractivity contribution in [3.05, 3.63) is 62.6 Å². The number of hydrogen-bond donors (Lipinski definition) is 1. The Hall–Kier alpha value is -2.63. The predicted octanol–water partition coefficient (Wildman–Crippen LogP) is 1.23. The molecule has 0 saturated carbocycles. The van der Waals surface area contributed by atoms with E-state index in [2.05, 4.69) is 9.97 Å². The van der Waals surface area contributed by atoms with Gasteiger partial charge in [-0.25, -0.2) is 9.78 Å². The molecule has 1 aromatic carbocycles. The molecule has 0 aliphatic heterocycles. The van der Waals surface area contributed by atoms with Gasteiger partial charge in [0.2, 0.25) is 0 Å². The average Bonchev–Trinajstić information content (AvgIpc) is 2.98. The summed E-state index contributed by atoms with van der Waals surface area (Å²) in [6.45, 7) is 2.44. The standard InChI is InChI=1S/C16H18N4O2/c1-3-12-17-13-14(18-12)20(16(22)19(2)15(13)21)10-9-11-7-5-4-6-8-11/h4-8H,3,9-10H2,1-2H3,(H,17,18). The Bertz CT molecular complexity index is 919. The highest BCUT2D eigenvalue weighted by molar-refractivity contribution is 5.69. The maximum absolute atomic E-state index is 12.4. The first kappa shape index (κ1) is 14.3. The minimum Gasteiger partial charge on any atom is -0.336 e. The summed E-state index contributed by atoms with van der Waals surface area (Å²) in [5.41, 5.74) is 1.32. The van der Waals surface area contributed by atoms with Crippen LogP contribution < -0.4 is 11.2 Å². The monoisotopic (exact) mass is 298 g/mol. The van der Waals surface area contributed by atoms with Crippen LogP contribution in [0.2, 0.25) is 0 Å². The van der Waals surface area contributed by atoms with Gasteiger partial charge in [-0.2, -0.15) is 0 Å². The second-order valence-electron chi connectivity index (χ2n) is 5.27. The maximum Gasteiger partial charge on any atom is 0.332 e. The number of nitrogens with one attached hydrogen (secondary N) is 1. The minimum absolute atomic E-state index is 0.330. The Labute approximate surface area is 127 Å². The second-order valence-corrected chi connectivity index (χ2v) is 5.27. The first-order chi connectivity index (χ1) is 10.6. The summed E-state index contributed by atoms with van der Waals surface area (Å²) in [7, 11) is 1.50. The zero-order chi connectivity index (χ0) is 15.7. The van der Waals surface area contributed by atoms with Crippen molar-refractivity contribution in [3.63, 3.8) is 0 Å². The van der Waals surface area contributed by atoms with Crippen LogP contribution in [-0.4, -0.2) is 19.1 Å². The summed E-state index contributed by atoms with van der Waals surface area (Å²) in [6.07, 6.45) is 1.40. The van der Waals surface area contributed by atoms with Crippen LogP contribution in [0.15, 0.2) is 39.9 Å². The van der Waals surface area contributed by atoms with Crippen molar-refractivity contribution in [2.24, 2.45) is 7.05 Å². The average molecular weight is 298 g/mol. The predicted molar refractivity (Wildman–Crippen MR) is 85.1 cm³/mol. The van der Waals surface area contributed by atoms with Crippen molar-refractivity contribution in [1.29, 1.82) is 0 Å². The summed E-state index contributed by atoms with van der Waals surface area (Å²) in [5, 5.41) is 0. The van der Waals surface area contributed by atoms with E-state index in [-0.39, 0.29) is 11.2 Å². The Balaban J connectivity index is 2.10. The van der Waals surface area contributed by atoms with Crippen molar-refractivity contribution >= 4 is 11.2 Å². The lowest BCUT2D eigenvalue weighted by atomic mass is 10.1. The van der Waals surface area contributed by atoms with Gasteiger partial charge in [-0.15, -0.1) is 0 Å². The number of aryl methyl sites for hydroxylation is 3. The van der Waals surface area contributed by atoms with Crippen LogP contribution in [0.3, 0.4) is 0 Å².